The lowest BCUT2D eigenvalue weighted by molar-refractivity contribution is 0.205. The van der Waals surface area contributed by atoms with Crippen molar-refractivity contribution < 1.29 is 4.74 Å². The molecule has 1 saturated carbocycles. The van der Waals surface area contributed by atoms with Gasteiger partial charge in [-0.05, 0) is 25.8 Å². The highest BCUT2D eigenvalue weighted by Gasteiger charge is 2.30. The lowest BCUT2D eigenvalue weighted by Gasteiger charge is -2.22. The van der Waals surface area contributed by atoms with Crippen LogP contribution in [0.3, 0.4) is 0 Å². The third-order valence-electron chi connectivity index (χ3n) is 3.04. The number of nitriles is 1. The van der Waals surface area contributed by atoms with Crippen molar-refractivity contribution in [1.82, 2.24) is 9.97 Å². The van der Waals surface area contributed by atoms with E-state index in [0.29, 0.717) is 12.3 Å². The number of hydrogen-bond donors (Lipinski definition) is 1. The molecule has 0 atom stereocenters. The van der Waals surface area contributed by atoms with Gasteiger partial charge in [-0.1, -0.05) is 12.8 Å². The second-order valence-corrected chi connectivity index (χ2v) is 4.65. The molecular formula is C12H16N4O. The van der Waals surface area contributed by atoms with Gasteiger partial charge in [0, 0.05) is 5.69 Å². The van der Waals surface area contributed by atoms with Crippen LogP contribution in [0.5, 0.6) is 6.01 Å². The third-order valence-corrected chi connectivity index (χ3v) is 3.04. The molecule has 2 N–H and O–H groups in total. The molecule has 1 aliphatic rings. The predicted molar refractivity (Wildman–Crippen MR) is 62.4 cm³/mol. The molecule has 0 unspecified atom stereocenters. The summed E-state index contributed by atoms with van der Waals surface area (Å²) < 4.78 is 5.52. The van der Waals surface area contributed by atoms with E-state index in [-0.39, 0.29) is 11.5 Å². The Hall–Kier alpha value is -1.67. The van der Waals surface area contributed by atoms with Crippen LogP contribution in [0.15, 0.2) is 6.07 Å². The predicted octanol–water partition coefficient (Wildman–Crippen LogP) is 1.31. The number of rotatable bonds is 3. The minimum absolute atomic E-state index is 0.248. The SMILES string of the molecule is Cc1cc(C#N)nc(OCC2(N)CCCC2)n1. The first-order chi connectivity index (χ1) is 8.11. The van der Waals surface area contributed by atoms with Crippen LogP contribution in [-0.4, -0.2) is 22.1 Å². The number of nitrogens with zero attached hydrogens (tertiary/aromatic N) is 3. The van der Waals surface area contributed by atoms with E-state index >= 15 is 0 Å². The monoisotopic (exact) mass is 232 g/mol. The molecule has 1 aliphatic carbocycles. The van der Waals surface area contributed by atoms with Crippen LogP contribution in [0, 0.1) is 18.3 Å². The Kier molecular flexibility index (Phi) is 3.25. The molecule has 5 nitrogen and oxygen atoms in total. The maximum atomic E-state index is 8.80. The van der Waals surface area contributed by atoms with Gasteiger partial charge in [0.25, 0.3) is 0 Å². The maximum absolute atomic E-state index is 8.80. The van der Waals surface area contributed by atoms with E-state index in [4.69, 9.17) is 15.7 Å². The molecule has 1 fully saturated rings. The van der Waals surface area contributed by atoms with Crippen molar-refractivity contribution in [3.8, 4) is 12.1 Å². The molecule has 5 heteroatoms. The van der Waals surface area contributed by atoms with Crippen molar-refractivity contribution in [2.45, 2.75) is 38.1 Å². The molecule has 1 aromatic rings. The van der Waals surface area contributed by atoms with Crippen LogP contribution in [0.4, 0.5) is 0 Å². The summed E-state index contributed by atoms with van der Waals surface area (Å²) in [5, 5.41) is 8.80. The summed E-state index contributed by atoms with van der Waals surface area (Å²) in [6, 6.07) is 3.86. The van der Waals surface area contributed by atoms with Gasteiger partial charge in [0.2, 0.25) is 0 Å². The Balaban J connectivity index is 2.04. The van der Waals surface area contributed by atoms with E-state index in [9.17, 15) is 0 Å². The highest BCUT2D eigenvalue weighted by atomic mass is 16.5. The minimum Gasteiger partial charge on any atom is -0.461 e. The van der Waals surface area contributed by atoms with E-state index in [1.807, 2.05) is 13.0 Å². The summed E-state index contributed by atoms with van der Waals surface area (Å²) in [7, 11) is 0. The molecule has 1 heterocycles. The van der Waals surface area contributed by atoms with Gasteiger partial charge in [-0.2, -0.15) is 10.2 Å². The Labute approximate surface area is 101 Å². The van der Waals surface area contributed by atoms with E-state index in [1.54, 1.807) is 6.07 Å². The third kappa shape index (κ3) is 2.92. The van der Waals surface area contributed by atoms with Crippen molar-refractivity contribution in [3.05, 3.63) is 17.5 Å². The van der Waals surface area contributed by atoms with Gasteiger partial charge >= 0.3 is 6.01 Å². The molecule has 0 aliphatic heterocycles. The molecule has 2 rings (SSSR count). The Bertz CT molecular complexity index is 446. The van der Waals surface area contributed by atoms with Crippen molar-refractivity contribution >= 4 is 0 Å². The van der Waals surface area contributed by atoms with E-state index in [1.165, 1.54) is 0 Å². The Morgan fingerprint density at radius 2 is 2.18 bits per heavy atom. The lowest BCUT2D eigenvalue weighted by Crippen LogP contribution is -2.42. The van der Waals surface area contributed by atoms with Gasteiger partial charge in [-0.25, -0.2) is 4.98 Å². The zero-order valence-corrected chi connectivity index (χ0v) is 9.94. The van der Waals surface area contributed by atoms with Crippen molar-refractivity contribution in [2.75, 3.05) is 6.61 Å². The van der Waals surface area contributed by atoms with Gasteiger partial charge in [-0.15, -0.1) is 0 Å². The number of hydrogen-bond acceptors (Lipinski definition) is 5. The van der Waals surface area contributed by atoms with Crippen LogP contribution >= 0.6 is 0 Å². The molecule has 0 amide bonds. The average molecular weight is 232 g/mol. The lowest BCUT2D eigenvalue weighted by atomic mass is 10.0. The van der Waals surface area contributed by atoms with E-state index in [0.717, 1.165) is 31.4 Å². The van der Waals surface area contributed by atoms with Crippen LogP contribution in [0.25, 0.3) is 0 Å². The molecule has 0 bridgehead atoms. The maximum Gasteiger partial charge on any atom is 0.317 e. The van der Waals surface area contributed by atoms with Crippen LogP contribution in [-0.2, 0) is 0 Å². The normalized spacial score (nSPS) is 17.7. The number of aromatic nitrogens is 2. The molecule has 0 radical (unpaired) electrons. The summed E-state index contributed by atoms with van der Waals surface area (Å²) in [6.07, 6.45) is 4.25. The highest BCUT2D eigenvalue weighted by Crippen LogP contribution is 2.27. The fraction of sp³-hybridized carbons (Fsp3) is 0.583. The van der Waals surface area contributed by atoms with Gasteiger partial charge in [0.05, 0.1) is 5.54 Å². The minimum atomic E-state index is -0.250. The first kappa shape index (κ1) is 11.8. The first-order valence-corrected chi connectivity index (χ1v) is 5.79. The Morgan fingerprint density at radius 1 is 1.47 bits per heavy atom. The fourth-order valence-electron chi connectivity index (χ4n) is 2.09. The van der Waals surface area contributed by atoms with Crippen molar-refractivity contribution in [2.24, 2.45) is 5.73 Å². The molecule has 90 valence electrons. The fourth-order valence-corrected chi connectivity index (χ4v) is 2.09. The average Bonchev–Trinajstić information content (AvgIpc) is 2.73. The van der Waals surface area contributed by atoms with Crippen LogP contribution in [0.2, 0.25) is 0 Å². The highest BCUT2D eigenvalue weighted by molar-refractivity contribution is 5.23. The molecular weight excluding hydrogens is 216 g/mol. The van der Waals surface area contributed by atoms with Crippen LogP contribution in [0.1, 0.15) is 37.1 Å². The number of ether oxygens (including phenoxy) is 1. The topological polar surface area (TPSA) is 84.8 Å². The quantitative estimate of drug-likeness (QED) is 0.849. The summed E-state index contributed by atoms with van der Waals surface area (Å²) in [5.41, 5.74) is 6.97. The number of aryl methyl sites for hydroxylation is 1. The zero-order chi connectivity index (χ0) is 12.3. The number of nitrogens with two attached hydrogens (primary N) is 1. The standard InChI is InChI=1S/C12H16N4O/c1-9-6-10(7-13)16-11(15-9)17-8-12(14)4-2-3-5-12/h6H,2-5,8,14H2,1H3. The second kappa shape index (κ2) is 4.68. The largest absolute Gasteiger partial charge is 0.461 e. The summed E-state index contributed by atoms with van der Waals surface area (Å²) >= 11 is 0. The summed E-state index contributed by atoms with van der Waals surface area (Å²) in [4.78, 5) is 8.13. The molecule has 0 saturated heterocycles. The smallest absolute Gasteiger partial charge is 0.317 e. The molecule has 0 spiro atoms. The van der Waals surface area contributed by atoms with Gasteiger partial charge in [0.1, 0.15) is 18.4 Å². The molecule has 17 heavy (non-hydrogen) atoms. The zero-order valence-electron chi connectivity index (χ0n) is 9.94. The Morgan fingerprint density at radius 3 is 2.82 bits per heavy atom. The molecule has 1 aromatic heterocycles. The molecule has 0 aromatic carbocycles. The summed E-state index contributed by atoms with van der Waals surface area (Å²) in [6.45, 7) is 2.23. The van der Waals surface area contributed by atoms with E-state index in [2.05, 4.69) is 9.97 Å². The van der Waals surface area contributed by atoms with Crippen molar-refractivity contribution in [3.63, 3.8) is 0 Å². The second-order valence-electron chi connectivity index (χ2n) is 4.65. The van der Waals surface area contributed by atoms with Crippen LogP contribution < -0.4 is 10.5 Å². The van der Waals surface area contributed by atoms with Gasteiger partial charge < -0.3 is 10.5 Å². The van der Waals surface area contributed by atoms with Gasteiger partial charge in [0.15, 0.2) is 0 Å². The van der Waals surface area contributed by atoms with E-state index < -0.39 is 0 Å². The first-order valence-electron chi connectivity index (χ1n) is 5.79. The van der Waals surface area contributed by atoms with Crippen molar-refractivity contribution in [1.29, 1.82) is 5.26 Å². The summed E-state index contributed by atoms with van der Waals surface area (Å²) in [5.74, 6) is 0. The van der Waals surface area contributed by atoms with Gasteiger partial charge in [-0.3, -0.25) is 0 Å².